The maximum absolute atomic E-state index is 11.8. The number of carbonyl (C=O) groups is 2. The van der Waals surface area contributed by atoms with E-state index in [0.717, 1.165) is 18.4 Å². The lowest BCUT2D eigenvalue weighted by molar-refractivity contribution is -0.384. The number of nitrogens with zero attached hydrogens (tertiary/aromatic N) is 1. The van der Waals surface area contributed by atoms with E-state index < -0.39 is 4.92 Å². The normalized spacial score (nSPS) is 10.7. The molecule has 0 fully saturated rings. The van der Waals surface area contributed by atoms with Crippen molar-refractivity contribution in [2.24, 2.45) is 0 Å². The molecular formula is C26H41NO6. The minimum Gasteiger partial charge on any atom is -0.466 e. The number of non-ortho nitro benzene ring substituents is 1. The first-order valence-electron chi connectivity index (χ1n) is 12.6. The van der Waals surface area contributed by atoms with Gasteiger partial charge in [-0.2, -0.15) is 0 Å². The highest BCUT2D eigenvalue weighted by molar-refractivity contribution is 5.72. The van der Waals surface area contributed by atoms with Gasteiger partial charge < -0.3 is 9.47 Å². The highest BCUT2D eigenvalue weighted by atomic mass is 16.6. The van der Waals surface area contributed by atoms with Crippen molar-refractivity contribution in [2.45, 2.75) is 103 Å². The van der Waals surface area contributed by atoms with Crippen molar-refractivity contribution in [1.82, 2.24) is 0 Å². The van der Waals surface area contributed by atoms with Crippen LogP contribution in [0.25, 0.3) is 0 Å². The van der Waals surface area contributed by atoms with Gasteiger partial charge in [-0.15, -0.1) is 0 Å². The summed E-state index contributed by atoms with van der Waals surface area (Å²) in [5.74, 6) is -0.648. The van der Waals surface area contributed by atoms with E-state index >= 15 is 0 Å². The van der Waals surface area contributed by atoms with Gasteiger partial charge in [-0.05, 0) is 18.4 Å². The van der Waals surface area contributed by atoms with Gasteiger partial charge in [0.25, 0.3) is 5.69 Å². The van der Waals surface area contributed by atoms with Crippen molar-refractivity contribution in [3.63, 3.8) is 0 Å². The van der Waals surface area contributed by atoms with Crippen molar-refractivity contribution in [2.75, 3.05) is 13.2 Å². The van der Waals surface area contributed by atoms with Crippen LogP contribution in [0, 0.1) is 10.1 Å². The smallest absolute Gasteiger partial charge is 0.305 e. The number of benzene rings is 1. The zero-order valence-corrected chi connectivity index (χ0v) is 20.2. The third-order valence-electron chi connectivity index (χ3n) is 5.55. The summed E-state index contributed by atoms with van der Waals surface area (Å²) in [6, 6.07) is 6.26. The van der Waals surface area contributed by atoms with Crippen molar-refractivity contribution >= 4 is 17.6 Å². The molecule has 0 heterocycles. The summed E-state index contributed by atoms with van der Waals surface area (Å²) in [4.78, 5) is 33.9. The highest BCUT2D eigenvalue weighted by Gasteiger charge is 2.09. The fourth-order valence-electron chi connectivity index (χ4n) is 3.58. The molecule has 0 N–H and O–H groups in total. The molecule has 1 aromatic carbocycles. The Kier molecular flexibility index (Phi) is 16.5. The van der Waals surface area contributed by atoms with Gasteiger partial charge in [0.2, 0.25) is 0 Å². The van der Waals surface area contributed by atoms with E-state index in [1.165, 1.54) is 69.9 Å². The molecule has 33 heavy (non-hydrogen) atoms. The Morgan fingerprint density at radius 2 is 1.33 bits per heavy atom. The zero-order valence-electron chi connectivity index (χ0n) is 20.2. The van der Waals surface area contributed by atoms with Crippen LogP contribution in [0.5, 0.6) is 0 Å². The van der Waals surface area contributed by atoms with Gasteiger partial charge in [-0.3, -0.25) is 19.7 Å². The first-order valence-corrected chi connectivity index (χ1v) is 12.6. The summed E-state index contributed by atoms with van der Waals surface area (Å²) in [5.41, 5.74) is 0.758. The Bertz CT molecular complexity index is 691. The summed E-state index contributed by atoms with van der Waals surface area (Å²) in [5, 5.41) is 10.8. The molecule has 1 aromatic rings. The summed E-state index contributed by atoms with van der Waals surface area (Å²) >= 11 is 0. The molecule has 0 radical (unpaired) electrons. The quantitative estimate of drug-likeness (QED) is 0.0923. The number of nitro groups is 1. The number of rotatable bonds is 20. The molecule has 0 aliphatic heterocycles. The second-order valence-corrected chi connectivity index (χ2v) is 8.51. The highest BCUT2D eigenvalue weighted by Crippen LogP contribution is 2.14. The van der Waals surface area contributed by atoms with Gasteiger partial charge in [-0.25, -0.2) is 0 Å². The molecule has 0 aliphatic carbocycles. The Labute approximate surface area is 198 Å². The zero-order chi connectivity index (χ0) is 24.2. The minimum atomic E-state index is -0.453. The van der Waals surface area contributed by atoms with Crippen LogP contribution < -0.4 is 0 Å². The van der Waals surface area contributed by atoms with Crippen LogP contribution >= 0.6 is 0 Å². The third-order valence-corrected chi connectivity index (χ3v) is 5.55. The van der Waals surface area contributed by atoms with Gasteiger partial charge in [0.05, 0.1) is 18.1 Å². The average molecular weight is 464 g/mol. The SMILES string of the molecule is CCCCCCCCCCCCCOC(=O)CCCC(=O)OCCc1cccc([N+](=O)[O-])c1. The second-order valence-electron chi connectivity index (χ2n) is 8.51. The van der Waals surface area contributed by atoms with Crippen LogP contribution in [0.1, 0.15) is 102 Å². The van der Waals surface area contributed by atoms with Crippen LogP contribution in [0.3, 0.4) is 0 Å². The molecule has 0 aromatic heterocycles. The number of hydrogen-bond acceptors (Lipinski definition) is 6. The van der Waals surface area contributed by atoms with E-state index in [4.69, 9.17) is 9.47 Å². The Hall–Kier alpha value is -2.44. The molecule has 1 rings (SSSR count). The van der Waals surface area contributed by atoms with Crippen molar-refractivity contribution in [1.29, 1.82) is 0 Å². The van der Waals surface area contributed by atoms with Crippen LogP contribution in [0.4, 0.5) is 5.69 Å². The molecule has 0 saturated heterocycles. The summed E-state index contributed by atoms with van der Waals surface area (Å²) in [6.45, 7) is 2.84. The molecule has 7 heteroatoms. The first kappa shape index (κ1) is 28.6. The molecular weight excluding hydrogens is 422 g/mol. The molecule has 0 bridgehead atoms. The number of unbranched alkanes of at least 4 members (excludes halogenated alkanes) is 10. The molecule has 0 spiro atoms. The van der Waals surface area contributed by atoms with E-state index in [0.29, 0.717) is 19.4 Å². The number of esters is 2. The monoisotopic (exact) mass is 463 g/mol. The predicted octanol–water partition coefficient (Wildman–Crippen LogP) is 6.71. The van der Waals surface area contributed by atoms with Crippen LogP contribution in [-0.2, 0) is 25.5 Å². The number of nitro benzene ring substituents is 1. The van der Waals surface area contributed by atoms with Gasteiger partial charge in [0.15, 0.2) is 0 Å². The first-order chi connectivity index (χ1) is 16.0. The van der Waals surface area contributed by atoms with Crippen molar-refractivity contribution < 1.29 is 24.0 Å². The molecule has 0 aliphatic rings. The van der Waals surface area contributed by atoms with E-state index in [1.807, 2.05) is 0 Å². The Morgan fingerprint density at radius 3 is 1.91 bits per heavy atom. The fourth-order valence-corrected chi connectivity index (χ4v) is 3.58. The van der Waals surface area contributed by atoms with Crippen molar-refractivity contribution in [3.05, 3.63) is 39.9 Å². The Balaban J connectivity index is 1.93. The molecule has 0 amide bonds. The van der Waals surface area contributed by atoms with E-state index in [2.05, 4.69) is 6.92 Å². The lowest BCUT2D eigenvalue weighted by atomic mass is 10.1. The molecule has 186 valence electrons. The lowest BCUT2D eigenvalue weighted by Crippen LogP contribution is -2.10. The maximum atomic E-state index is 11.8. The Morgan fingerprint density at radius 1 is 0.788 bits per heavy atom. The standard InChI is InChI=1S/C26H41NO6/c1-2-3-4-5-6-7-8-9-10-11-12-20-32-25(28)17-14-18-26(29)33-21-19-23-15-13-16-24(22-23)27(30)31/h13,15-16,22H,2-12,14,17-21H2,1H3. The lowest BCUT2D eigenvalue weighted by Gasteiger charge is -2.06. The minimum absolute atomic E-state index is 0.0190. The second kappa shape index (κ2) is 19.1. The topological polar surface area (TPSA) is 95.7 Å². The third kappa shape index (κ3) is 15.9. The molecule has 0 saturated carbocycles. The van der Waals surface area contributed by atoms with Gasteiger partial charge in [0.1, 0.15) is 0 Å². The predicted molar refractivity (Wildman–Crippen MR) is 129 cm³/mol. The van der Waals surface area contributed by atoms with Crippen LogP contribution in [0.2, 0.25) is 0 Å². The molecule has 0 atom stereocenters. The van der Waals surface area contributed by atoms with E-state index in [1.54, 1.807) is 12.1 Å². The van der Waals surface area contributed by atoms with E-state index in [9.17, 15) is 19.7 Å². The van der Waals surface area contributed by atoms with Gasteiger partial charge in [0, 0.05) is 31.4 Å². The van der Waals surface area contributed by atoms with Crippen LogP contribution in [0.15, 0.2) is 24.3 Å². The van der Waals surface area contributed by atoms with E-state index in [-0.39, 0.29) is 37.1 Å². The van der Waals surface area contributed by atoms with Crippen LogP contribution in [-0.4, -0.2) is 30.1 Å². The molecule has 0 unspecified atom stereocenters. The number of carbonyl (C=O) groups excluding carboxylic acids is 2. The number of hydrogen-bond donors (Lipinski definition) is 0. The largest absolute Gasteiger partial charge is 0.466 e. The fraction of sp³-hybridized carbons (Fsp3) is 0.692. The average Bonchev–Trinajstić information content (AvgIpc) is 2.80. The van der Waals surface area contributed by atoms with Crippen molar-refractivity contribution in [3.8, 4) is 0 Å². The summed E-state index contributed by atoms with van der Waals surface area (Å²) < 4.78 is 10.4. The van der Waals surface area contributed by atoms with Gasteiger partial charge >= 0.3 is 11.9 Å². The summed E-state index contributed by atoms with van der Waals surface area (Å²) in [7, 11) is 0. The maximum Gasteiger partial charge on any atom is 0.305 e. The van der Waals surface area contributed by atoms with Gasteiger partial charge in [-0.1, -0.05) is 83.3 Å². The summed E-state index contributed by atoms with van der Waals surface area (Å²) in [6.07, 6.45) is 14.9. The number of ether oxygens (including phenoxy) is 2. The molecule has 7 nitrogen and oxygen atoms in total.